The largest absolute Gasteiger partial charge is 0.481 e. The zero-order valence-corrected chi connectivity index (χ0v) is 19.1. The second kappa shape index (κ2) is 8.10. The Morgan fingerprint density at radius 1 is 1.23 bits per heavy atom. The molecule has 1 aliphatic carbocycles. The van der Waals surface area contributed by atoms with Gasteiger partial charge in [-0.25, -0.2) is 9.97 Å². The van der Waals surface area contributed by atoms with Crippen LogP contribution in [0.25, 0.3) is 0 Å². The molecule has 1 saturated carbocycles. The Kier molecular flexibility index (Phi) is 5.42. The van der Waals surface area contributed by atoms with Crippen LogP contribution in [0, 0.1) is 35.5 Å². The summed E-state index contributed by atoms with van der Waals surface area (Å²) in [5.41, 5.74) is 2.37. The first kappa shape index (κ1) is 20.8. The summed E-state index contributed by atoms with van der Waals surface area (Å²) in [5, 5.41) is 14.1. The molecule has 2 bridgehead atoms. The predicted molar refractivity (Wildman–Crippen MR) is 121 cm³/mol. The van der Waals surface area contributed by atoms with Crippen LogP contribution >= 0.6 is 11.8 Å². The minimum absolute atomic E-state index is 0.212. The fourth-order valence-electron chi connectivity index (χ4n) is 6.22. The number of hydrogen-bond acceptors (Lipinski definition) is 6. The summed E-state index contributed by atoms with van der Waals surface area (Å²) < 4.78 is 0. The van der Waals surface area contributed by atoms with Crippen LogP contribution in [0.4, 0.5) is 11.5 Å². The van der Waals surface area contributed by atoms with Crippen LogP contribution in [-0.2, 0) is 11.3 Å². The molecular weight excluding hydrogens is 408 g/mol. The molecule has 1 aromatic carbocycles. The van der Waals surface area contributed by atoms with Gasteiger partial charge in [0.2, 0.25) is 0 Å². The number of fused-ring (bicyclic) bond motifs is 4. The normalized spacial score (nSPS) is 30.2. The van der Waals surface area contributed by atoms with Crippen molar-refractivity contribution in [1.29, 1.82) is 0 Å². The molecule has 0 spiro atoms. The van der Waals surface area contributed by atoms with Gasteiger partial charge in [0.25, 0.3) is 0 Å². The molecule has 3 unspecified atom stereocenters. The maximum Gasteiger partial charge on any atom is 0.306 e. The summed E-state index contributed by atoms with van der Waals surface area (Å²) >= 11 is 1.65. The van der Waals surface area contributed by atoms with E-state index in [2.05, 4.69) is 52.2 Å². The lowest BCUT2D eigenvalue weighted by Crippen LogP contribution is -2.46. The summed E-state index contributed by atoms with van der Waals surface area (Å²) in [7, 11) is 0. The number of carboxylic acid groups (broad SMARTS) is 1. The van der Waals surface area contributed by atoms with E-state index in [1.165, 1.54) is 10.5 Å². The van der Waals surface area contributed by atoms with E-state index in [1.54, 1.807) is 24.2 Å². The van der Waals surface area contributed by atoms with Gasteiger partial charge in [0, 0.05) is 36.9 Å². The van der Waals surface area contributed by atoms with Crippen molar-refractivity contribution in [3.05, 3.63) is 36.2 Å². The average Bonchev–Trinajstić information content (AvgIpc) is 2.90. The molecule has 2 N–H and O–H groups in total. The van der Waals surface area contributed by atoms with Crippen LogP contribution in [0.2, 0.25) is 0 Å². The van der Waals surface area contributed by atoms with Crippen LogP contribution in [0.5, 0.6) is 0 Å². The smallest absolute Gasteiger partial charge is 0.306 e. The Morgan fingerprint density at radius 2 is 1.94 bits per heavy atom. The number of anilines is 2. The van der Waals surface area contributed by atoms with Crippen molar-refractivity contribution >= 4 is 29.2 Å². The number of carboxylic acids is 1. The number of carbonyl (C=O) groups is 1. The van der Waals surface area contributed by atoms with Crippen LogP contribution in [-0.4, -0.2) is 39.0 Å². The quantitative estimate of drug-likeness (QED) is 0.595. The monoisotopic (exact) mass is 438 g/mol. The first-order valence-corrected chi connectivity index (χ1v) is 12.1. The lowest BCUT2D eigenvalue weighted by molar-refractivity contribution is -0.146. The molecule has 0 radical (unpaired) electrons. The lowest BCUT2D eigenvalue weighted by Gasteiger charge is -2.41. The summed E-state index contributed by atoms with van der Waals surface area (Å²) in [6, 6.07) is 6.61. The number of likely N-dealkylation sites (tertiary alicyclic amines) is 1. The molecular formula is C24H30N4O2S. The van der Waals surface area contributed by atoms with E-state index in [0.717, 1.165) is 42.6 Å². The SMILES string of the molecule is CCC(C(=O)O)C1C2CN(Cc3ccc4c(c3)Nc3nccnc3S4)CC1[C@H](C)[C@H]2C. The zero-order chi connectivity index (χ0) is 21.7. The van der Waals surface area contributed by atoms with E-state index in [1.807, 2.05) is 6.92 Å². The highest BCUT2D eigenvalue weighted by Crippen LogP contribution is 2.53. The van der Waals surface area contributed by atoms with Crippen molar-refractivity contribution in [3.8, 4) is 0 Å². The van der Waals surface area contributed by atoms with Gasteiger partial charge in [-0.1, -0.05) is 38.6 Å². The number of benzene rings is 1. The molecule has 0 amide bonds. The van der Waals surface area contributed by atoms with Gasteiger partial charge in [-0.3, -0.25) is 9.69 Å². The van der Waals surface area contributed by atoms with Gasteiger partial charge in [-0.05, 0) is 53.7 Å². The standard InChI is InChI=1S/C24H30N4O2S/c1-4-16(24(29)30)21-17-11-28(12-18(21)14(3)13(17)2)10-15-5-6-20-19(9-15)27-22-23(31-20)26-8-7-25-22/h5-9,13-14,16-18,21H,4,10-12H2,1-3H3,(H,25,27)(H,29,30)/t13-,14-,16?,17?,18?,21?/m1/s1. The Morgan fingerprint density at radius 3 is 2.61 bits per heavy atom. The highest BCUT2D eigenvalue weighted by Gasteiger charge is 2.53. The Balaban J connectivity index is 1.33. The fourth-order valence-corrected chi connectivity index (χ4v) is 7.10. The van der Waals surface area contributed by atoms with Crippen molar-refractivity contribution in [3.63, 3.8) is 0 Å². The number of aromatic nitrogens is 2. The maximum absolute atomic E-state index is 11.9. The van der Waals surface area contributed by atoms with Gasteiger partial charge in [0.15, 0.2) is 5.82 Å². The van der Waals surface area contributed by atoms with Crippen LogP contribution in [0.15, 0.2) is 40.5 Å². The molecule has 3 heterocycles. The van der Waals surface area contributed by atoms with Gasteiger partial charge in [-0.2, -0.15) is 0 Å². The third-order valence-electron chi connectivity index (χ3n) is 7.90. The van der Waals surface area contributed by atoms with Crippen molar-refractivity contribution in [1.82, 2.24) is 14.9 Å². The second-order valence-corrected chi connectivity index (χ2v) is 10.5. The summed E-state index contributed by atoms with van der Waals surface area (Å²) in [5.74, 6) is 2.37. The number of aliphatic carboxylic acids is 1. The van der Waals surface area contributed by atoms with Gasteiger partial charge in [0.05, 0.1) is 11.6 Å². The van der Waals surface area contributed by atoms with Crippen LogP contribution in [0.1, 0.15) is 32.8 Å². The van der Waals surface area contributed by atoms with E-state index in [4.69, 9.17) is 0 Å². The van der Waals surface area contributed by atoms with E-state index >= 15 is 0 Å². The van der Waals surface area contributed by atoms with E-state index in [-0.39, 0.29) is 5.92 Å². The molecule has 3 aliphatic rings. The highest BCUT2D eigenvalue weighted by molar-refractivity contribution is 7.99. The molecule has 5 atom stereocenters. The summed E-state index contributed by atoms with van der Waals surface area (Å²) in [6.07, 6.45) is 4.16. The number of nitrogens with zero attached hydrogens (tertiary/aromatic N) is 3. The van der Waals surface area contributed by atoms with Crippen molar-refractivity contribution in [2.45, 2.75) is 43.7 Å². The van der Waals surface area contributed by atoms with Gasteiger partial charge < -0.3 is 10.4 Å². The first-order valence-electron chi connectivity index (χ1n) is 11.3. The third-order valence-corrected chi connectivity index (χ3v) is 8.97. The Bertz CT molecular complexity index is 981. The van der Waals surface area contributed by atoms with Crippen LogP contribution < -0.4 is 5.32 Å². The summed E-state index contributed by atoms with van der Waals surface area (Å²) in [6.45, 7) is 9.57. The molecule has 2 aromatic rings. The molecule has 1 aromatic heterocycles. The number of nitrogens with one attached hydrogen (secondary N) is 1. The molecule has 6 nitrogen and oxygen atoms in total. The van der Waals surface area contributed by atoms with Gasteiger partial charge in [-0.15, -0.1) is 0 Å². The van der Waals surface area contributed by atoms with Gasteiger partial charge >= 0.3 is 5.97 Å². The van der Waals surface area contributed by atoms with E-state index in [0.29, 0.717) is 29.6 Å². The minimum Gasteiger partial charge on any atom is -0.481 e. The number of piperidine rings is 1. The highest BCUT2D eigenvalue weighted by atomic mass is 32.2. The average molecular weight is 439 g/mol. The lowest BCUT2D eigenvalue weighted by atomic mass is 9.73. The van der Waals surface area contributed by atoms with Crippen molar-refractivity contribution < 1.29 is 9.90 Å². The second-order valence-electron chi connectivity index (χ2n) is 9.44. The van der Waals surface area contributed by atoms with E-state index < -0.39 is 5.97 Å². The third kappa shape index (κ3) is 3.61. The molecule has 31 heavy (non-hydrogen) atoms. The van der Waals surface area contributed by atoms with Crippen LogP contribution in [0.3, 0.4) is 0 Å². The Hall–Kier alpha value is -2.12. The summed E-state index contributed by atoms with van der Waals surface area (Å²) in [4.78, 5) is 24.4. The molecule has 2 aliphatic heterocycles. The topological polar surface area (TPSA) is 78.4 Å². The Labute approximate surface area is 187 Å². The van der Waals surface area contributed by atoms with Gasteiger partial charge in [0.1, 0.15) is 5.03 Å². The fraction of sp³-hybridized carbons (Fsp3) is 0.542. The van der Waals surface area contributed by atoms with E-state index in [9.17, 15) is 9.90 Å². The molecule has 1 saturated heterocycles. The molecule has 2 fully saturated rings. The van der Waals surface area contributed by atoms with Crippen molar-refractivity contribution in [2.24, 2.45) is 35.5 Å². The maximum atomic E-state index is 11.9. The molecule has 164 valence electrons. The number of rotatable bonds is 5. The first-order chi connectivity index (χ1) is 15.0. The molecule has 7 heteroatoms. The predicted octanol–water partition coefficient (Wildman–Crippen LogP) is 4.75. The molecule has 5 rings (SSSR count). The zero-order valence-electron chi connectivity index (χ0n) is 18.3. The number of hydrogen-bond donors (Lipinski definition) is 2. The van der Waals surface area contributed by atoms with Crippen molar-refractivity contribution in [2.75, 3.05) is 18.4 Å². The minimum atomic E-state index is -0.612.